The van der Waals surface area contributed by atoms with E-state index in [0.29, 0.717) is 0 Å². The smallest absolute Gasteiger partial charge is 0.208 e. The molecule has 5 heteroatoms. The third-order valence-electron chi connectivity index (χ3n) is 1.95. The largest absolute Gasteiger partial charge is 0.340 e. The van der Waals surface area contributed by atoms with Gasteiger partial charge in [0, 0.05) is 18.5 Å². The minimum Gasteiger partial charge on any atom is -0.340 e. The maximum Gasteiger partial charge on any atom is 0.208 e. The van der Waals surface area contributed by atoms with E-state index in [1.165, 1.54) is 4.88 Å². The van der Waals surface area contributed by atoms with E-state index in [4.69, 9.17) is 5.84 Å². The van der Waals surface area contributed by atoms with Gasteiger partial charge in [-0.1, -0.05) is 13.0 Å². The lowest BCUT2D eigenvalue weighted by molar-refractivity contribution is 0.481. The van der Waals surface area contributed by atoms with E-state index in [2.05, 4.69) is 28.8 Å². The maximum atomic E-state index is 5.42. The van der Waals surface area contributed by atoms with Gasteiger partial charge >= 0.3 is 0 Å². The molecule has 0 saturated carbocycles. The molecular weight excluding hydrogens is 208 g/mol. The summed E-state index contributed by atoms with van der Waals surface area (Å²) in [5, 5.41) is 2.07. The highest BCUT2D eigenvalue weighted by Gasteiger charge is 2.05. The predicted molar refractivity (Wildman–Crippen MR) is 65.7 cm³/mol. The summed E-state index contributed by atoms with van der Waals surface area (Å²) in [7, 11) is 1.98. The van der Waals surface area contributed by atoms with Crippen LogP contribution in [0.2, 0.25) is 0 Å². The molecule has 0 saturated heterocycles. The lowest BCUT2D eigenvalue weighted by Crippen LogP contribution is -2.42. The van der Waals surface area contributed by atoms with E-state index < -0.39 is 0 Å². The highest BCUT2D eigenvalue weighted by atomic mass is 32.1. The fourth-order valence-corrected chi connectivity index (χ4v) is 1.96. The van der Waals surface area contributed by atoms with Gasteiger partial charge in [-0.05, 0) is 17.9 Å². The first-order chi connectivity index (χ1) is 7.27. The van der Waals surface area contributed by atoms with Gasteiger partial charge in [-0.2, -0.15) is 0 Å². The van der Waals surface area contributed by atoms with Crippen molar-refractivity contribution in [2.24, 2.45) is 10.8 Å². The lowest BCUT2D eigenvalue weighted by atomic mass is 10.4. The number of nitrogens with zero attached hydrogens (tertiary/aromatic N) is 2. The number of hydrogen-bond acceptors (Lipinski definition) is 3. The summed E-state index contributed by atoms with van der Waals surface area (Å²) in [4.78, 5) is 7.67. The van der Waals surface area contributed by atoms with Gasteiger partial charge in [0.2, 0.25) is 5.96 Å². The molecule has 1 heterocycles. The molecule has 0 bridgehead atoms. The number of aliphatic imine (C=N–C) groups is 1. The van der Waals surface area contributed by atoms with Crippen LogP contribution in [0, 0.1) is 0 Å². The molecule has 15 heavy (non-hydrogen) atoms. The minimum absolute atomic E-state index is 0.741. The van der Waals surface area contributed by atoms with E-state index in [1.807, 2.05) is 18.0 Å². The predicted octanol–water partition coefficient (Wildman–Crippen LogP) is 1.41. The topological polar surface area (TPSA) is 53.6 Å². The molecular formula is C10H18N4S. The molecule has 0 aliphatic carbocycles. The molecule has 0 aliphatic heterocycles. The fourth-order valence-electron chi connectivity index (χ4n) is 1.21. The third-order valence-corrected chi connectivity index (χ3v) is 2.81. The Morgan fingerprint density at radius 2 is 2.47 bits per heavy atom. The van der Waals surface area contributed by atoms with Gasteiger partial charge in [-0.15, -0.1) is 11.3 Å². The summed E-state index contributed by atoms with van der Waals surface area (Å²) < 4.78 is 0. The van der Waals surface area contributed by atoms with Crippen molar-refractivity contribution < 1.29 is 0 Å². The zero-order valence-corrected chi connectivity index (χ0v) is 10.0. The highest BCUT2D eigenvalue weighted by Crippen LogP contribution is 2.10. The first-order valence-corrected chi connectivity index (χ1v) is 5.90. The first-order valence-electron chi connectivity index (χ1n) is 5.02. The monoisotopic (exact) mass is 226 g/mol. The molecule has 0 fully saturated rings. The summed E-state index contributed by atoms with van der Waals surface area (Å²) in [6.07, 6.45) is 1.03. The molecule has 0 unspecified atom stereocenters. The van der Waals surface area contributed by atoms with Crippen LogP contribution in [0.25, 0.3) is 0 Å². The lowest BCUT2D eigenvalue weighted by Gasteiger charge is -2.19. The first kappa shape index (κ1) is 12.0. The van der Waals surface area contributed by atoms with Crippen LogP contribution in [0.15, 0.2) is 22.5 Å². The van der Waals surface area contributed by atoms with Crippen LogP contribution in [0.1, 0.15) is 18.2 Å². The van der Waals surface area contributed by atoms with Crippen molar-refractivity contribution in [3.8, 4) is 0 Å². The normalized spacial score (nSPS) is 11.5. The Kier molecular flexibility index (Phi) is 5.14. The van der Waals surface area contributed by atoms with Gasteiger partial charge < -0.3 is 4.90 Å². The zero-order valence-electron chi connectivity index (χ0n) is 9.23. The third kappa shape index (κ3) is 3.89. The maximum absolute atomic E-state index is 5.42. The van der Waals surface area contributed by atoms with E-state index in [0.717, 1.165) is 25.5 Å². The zero-order chi connectivity index (χ0) is 11.1. The number of thiophene rings is 1. The standard InChI is InChI=1S/C10H18N4S/c1-3-6-12-10(13-11)14(2)8-9-5-4-7-15-9/h4-5,7H,3,6,8,11H2,1-2H3,(H,12,13). The van der Waals surface area contributed by atoms with E-state index >= 15 is 0 Å². The molecule has 4 nitrogen and oxygen atoms in total. The average Bonchev–Trinajstić information content (AvgIpc) is 2.71. The van der Waals surface area contributed by atoms with Gasteiger partial charge in [-0.25, -0.2) is 5.84 Å². The van der Waals surface area contributed by atoms with E-state index in [9.17, 15) is 0 Å². The summed E-state index contributed by atoms with van der Waals surface area (Å²) in [5.41, 5.74) is 2.63. The van der Waals surface area contributed by atoms with Gasteiger partial charge in [0.1, 0.15) is 0 Å². The van der Waals surface area contributed by atoms with E-state index in [-0.39, 0.29) is 0 Å². The number of nitrogens with two attached hydrogens (primary N) is 1. The van der Waals surface area contributed by atoms with Crippen molar-refractivity contribution in [1.82, 2.24) is 10.3 Å². The van der Waals surface area contributed by atoms with Crippen molar-refractivity contribution in [2.45, 2.75) is 19.9 Å². The molecule has 84 valence electrons. The van der Waals surface area contributed by atoms with Crippen LogP contribution in [-0.2, 0) is 6.54 Å². The van der Waals surface area contributed by atoms with Crippen LogP contribution in [-0.4, -0.2) is 24.5 Å². The fraction of sp³-hybridized carbons (Fsp3) is 0.500. The molecule has 0 amide bonds. The summed E-state index contributed by atoms with van der Waals surface area (Å²) >= 11 is 1.74. The van der Waals surface area contributed by atoms with Crippen LogP contribution in [0.3, 0.4) is 0 Å². The summed E-state index contributed by atoms with van der Waals surface area (Å²) in [5.74, 6) is 6.17. The Hall–Kier alpha value is -1.07. The van der Waals surface area contributed by atoms with Crippen LogP contribution in [0.5, 0.6) is 0 Å². The molecule has 0 atom stereocenters. The molecule has 1 aromatic heterocycles. The average molecular weight is 226 g/mol. The Bertz CT molecular complexity index is 294. The molecule has 1 aromatic rings. The van der Waals surface area contributed by atoms with Crippen LogP contribution < -0.4 is 11.3 Å². The van der Waals surface area contributed by atoms with Gasteiger partial charge in [-0.3, -0.25) is 10.4 Å². The minimum atomic E-state index is 0.741. The SMILES string of the molecule is CCCN=C(NN)N(C)Cc1cccs1. The number of hydrogen-bond donors (Lipinski definition) is 2. The number of guanidine groups is 1. The second-order valence-electron chi connectivity index (χ2n) is 3.29. The second-order valence-corrected chi connectivity index (χ2v) is 4.32. The Labute approximate surface area is 94.8 Å². The van der Waals surface area contributed by atoms with Crippen LogP contribution in [0.4, 0.5) is 0 Å². The van der Waals surface area contributed by atoms with Crippen molar-refractivity contribution >= 4 is 17.3 Å². The highest BCUT2D eigenvalue weighted by molar-refractivity contribution is 7.09. The molecule has 0 aliphatic rings. The van der Waals surface area contributed by atoms with Gasteiger partial charge in [0.15, 0.2) is 0 Å². The quantitative estimate of drug-likeness (QED) is 0.353. The second kappa shape index (κ2) is 6.42. The van der Waals surface area contributed by atoms with Crippen molar-refractivity contribution in [3.05, 3.63) is 22.4 Å². The Balaban J connectivity index is 2.53. The number of hydrazine groups is 1. The van der Waals surface area contributed by atoms with Gasteiger partial charge in [0.05, 0.1) is 6.54 Å². The molecule has 0 aromatic carbocycles. The van der Waals surface area contributed by atoms with Gasteiger partial charge in [0.25, 0.3) is 0 Å². The summed E-state index contributed by atoms with van der Waals surface area (Å²) in [6.45, 7) is 3.73. The Morgan fingerprint density at radius 1 is 1.67 bits per heavy atom. The number of nitrogens with one attached hydrogen (secondary N) is 1. The summed E-state index contributed by atoms with van der Waals surface area (Å²) in [6, 6.07) is 4.15. The molecule has 1 rings (SSSR count). The van der Waals surface area contributed by atoms with Crippen molar-refractivity contribution in [1.29, 1.82) is 0 Å². The van der Waals surface area contributed by atoms with Crippen LogP contribution >= 0.6 is 11.3 Å². The number of rotatable bonds is 4. The van der Waals surface area contributed by atoms with Crippen molar-refractivity contribution in [2.75, 3.05) is 13.6 Å². The van der Waals surface area contributed by atoms with Crippen molar-refractivity contribution in [3.63, 3.8) is 0 Å². The molecule has 0 radical (unpaired) electrons. The Morgan fingerprint density at radius 3 is 3.00 bits per heavy atom. The molecule has 3 N–H and O–H groups in total. The molecule has 0 spiro atoms. The van der Waals surface area contributed by atoms with E-state index in [1.54, 1.807) is 11.3 Å².